The van der Waals surface area contributed by atoms with Gasteiger partial charge < -0.3 is 0 Å². The number of rotatable bonds is 5. The zero-order chi connectivity index (χ0) is 24.4. The van der Waals surface area contributed by atoms with Crippen molar-refractivity contribution in [3.8, 4) is 11.3 Å². The third kappa shape index (κ3) is 4.45. The zero-order valence-corrected chi connectivity index (χ0v) is 20.7. The maximum atomic E-state index is 14.2. The van der Waals surface area contributed by atoms with Crippen LogP contribution in [0, 0.1) is 6.92 Å². The first-order chi connectivity index (χ1) is 17.0. The van der Waals surface area contributed by atoms with Crippen molar-refractivity contribution >= 4 is 10.0 Å². The topological polar surface area (TPSA) is 50.3 Å². The molecule has 0 saturated carbocycles. The number of aromatic nitrogens is 1. The SMILES string of the molecule is CC1=CCC(c2cnc(-c3ccccc3)c(C)c2)N(S(=O)(=O)c2ccccc2)C1c1ccccc1. The monoisotopic (exact) mass is 480 g/mol. The summed E-state index contributed by atoms with van der Waals surface area (Å²) in [5.74, 6) is 0. The van der Waals surface area contributed by atoms with Crippen molar-refractivity contribution < 1.29 is 8.42 Å². The highest BCUT2D eigenvalue weighted by Gasteiger charge is 2.41. The van der Waals surface area contributed by atoms with E-state index in [0.717, 1.165) is 33.5 Å². The molecular formula is C30H28N2O2S. The molecular weight excluding hydrogens is 452 g/mol. The van der Waals surface area contributed by atoms with Crippen LogP contribution in [0.5, 0.6) is 0 Å². The van der Waals surface area contributed by atoms with Crippen LogP contribution in [0.15, 0.2) is 120 Å². The van der Waals surface area contributed by atoms with Gasteiger partial charge in [-0.3, -0.25) is 4.98 Å². The largest absolute Gasteiger partial charge is 0.256 e. The highest BCUT2D eigenvalue weighted by Crippen LogP contribution is 2.45. The van der Waals surface area contributed by atoms with E-state index < -0.39 is 16.1 Å². The van der Waals surface area contributed by atoms with E-state index >= 15 is 0 Å². The van der Waals surface area contributed by atoms with Crippen LogP contribution in [0.4, 0.5) is 0 Å². The molecule has 1 aromatic heterocycles. The molecule has 2 atom stereocenters. The molecule has 0 bridgehead atoms. The molecule has 2 heterocycles. The molecule has 35 heavy (non-hydrogen) atoms. The quantitative estimate of drug-likeness (QED) is 0.293. The molecule has 176 valence electrons. The van der Waals surface area contributed by atoms with Crippen molar-refractivity contribution in [1.82, 2.24) is 9.29 Å². The van der Waals surface area contributed by atoms with Gasteiger partial charge in [-0.15, -0.1) is 0 Å². The van der Waals surface area contributed by atoms with Gasteiger partial charge >= 0.3 is 0 Å². The summed E-state index contributed by atoms with van der Waals surface area (Å²) in [5, 5.41) is 0. The van der Waals surface area contributed by atoms with E-state index in [1.54, 1.807) is 28.6 Å². The molecule has 0 saturated heterocycles. The maximum absolute atomic E-state index is 14.2. The minimum Gasteiger partial charge on any atom is -0.256 e. The Morgan fingerprint density at radius 1 is 0.800 bits per heavy atom. The summed E-state index contributed by atoms with van der Waals surface area (Å²) in [6, 6.07) is 30.0. The zero-order valence-electron chi connectivity index (χ0n) is 19.9. The van der Waals surface area contributed by atoms with Crippen LogP contribution in [0.3, 0.4) is 0 Å². The third-order valence-electron chi connectivity index (χ3n) is 6.62. The Labute approximate surface area is 207 Å². The lowest BCUT2D eigenvalue weighted by atomic mass is 9.90. The number of aryl methyl sites for hydroxylation is 1. The van der Waals surface area contributed by atoms with Gasteiger partial charge in [0.05, 0.1) is 22.7 Å². The number of nitrogens with zero attached hydrogens (tertiary/aromatic N) is 2. The Kier molecular flexibility index (Phi) is 6.37. The van der Waals surface area contributed by atoms with Crippen molar-refractivity contribution in [1.29, 1.82) is 0 Å². The van der Waals surface area contributed by atoms with Crippen molar-refractivity contribution in [3.63, 3.8) is 0 Å². The summed E-state index contributed by atoms with van der Waals surface area (Å²) in [4.78, 5) is 5.08. The summed E-state index contributed by atoms with van der Waals surface area (Å²) in [6.45, 7) is 4.05. The normalized spacial score (nSPS) is 18.7. The van der Waals surface area contributed by atoms with Crippen LogP contribution >= 0.6 is 0 Å². The van der Waals surface area contributed by atoms with Gasteiger partial charge in [0.15, 0.2) is 0 Å². The number of hydrogen-bond acceptors (Lipinski definition) is 3. The summed E-state index contributed by atoms with van der Waals surface area (Å²) < 4.78 is 30.0. The van der Waals surface area contributed by atoms with Crippen molar-refractivity contribution in [3.05, 3.63) is 132 Å². The van der Waals surface area contributed by atoms with E-state index in [1.165, 1.54) is 0 Å². The van der Waals surface area contributed by atoms with Crippen LogP contribution in [-0.2, 0) is 10.0 Å². The molecule has 4 aromatic rings. The minimum atomic E-state index is -3.80. The number of sulfonamides is 1. The lowest BCUT2D eigenvalue weighted by Crippen LogP contribution is -2.40. The fraction of sp³-hybridized carbons (Fsp3) is 0.167. The molecule has 0 spiro atoms. The van der Waals surface area contributed by atoms with E-state index in [4.69, 9.17) is 4.98 Å². The lowest BCUT2D eigenvalue weighted by molar-refractivity contribution is 0.261. The average molecular weight is 481 g/mol. The molecule has 4 nitrogen and oxygen atoms in total. The molecule has 1 aliphatic heterocycles. The highest BCUT2D eigenvalue weighted by molar-refractivity contribution is 7.89. The molecule has 0 N–H and O–H groups in total. The second-order valence-corrected chi connectivity index (χ2v) is 10.8. The molecule has 0 fully saturated rings. The van der Waals surface area contributed by atoms with Gasteiger partial charge in [-0.2, -0.15) is 4.31 Å². The molecule has 5 rings (SSSR count). The Morgan fingerprint density at radius 3 is 2.03 bits per heavy atom. The van der Waals surface area contributed by atoms with Crippen LogP contribution in [0.1, 0.15) is 42.1 Å². The predicted molar refractivity (Wildman–Crippen MR) is 140 cm³/mol. The van der Waals surface area contributed by atoms with Crippen LogP contribution in [0.2, 0.25) is 0 Å². The number of hydrogen-bond donors (Lipinski definition) is 0. The van der Waals surface area contributed by atoms with Crippen LogP contribution in [0.25, 0.3) is 11.3 Å². The number of pyridine rings is 1. The van der Waals surface area contributed by atoms with E-state index in [1.807, 2.05) is 86.8 Å². The van der Waals surface area contributed by atoms with Gasteiger partial charge in [-0.05, 0) is 49.1 Å². The second kappa shape index (κ2) is 9.61. The predicted octanol–water partition coefficient (Wildman–Crippen LogP) is 6.88. The van der Waals surface area contributed by atoms with Crippen molar-refractivity contribution in [2.45, 2.75) is 37.2 Å². The first-order valence-corrected chi connectivity index (χ1v) is 13.2. The fourth-order valence-corrected chi connectivity index (χ4v) is 6.77. The fourth-order valence-electron chi connectivity index (χ4n) is 4.92. The molecule has 0 amide bonds. The first-order valence-electron chi connectivity index (χ1n) is 11.8. The Balaban J connectivity index is 1.65. The number of benzene rings is 3. The minimum absolute atomic E-state index is 0.297. The molecule has 1 aliphatic rings. The second-order valence-electron chi connectivity index (χ2n) is 8.96. The molecule has 5 heteroatoms. The summed E-state index contributed by atoms with van der Waals surface area (Å²) in [7, 11) is -3.80. The molecule has 3 aromatic carbocycles. The van der Waals surface area contributed by atoms with Crippen LogP contribution in [-0.4, -0.2) is 17.7 Å². The Bertz CT molecular complexity index is 1450. The standard InChI is InChI=1S/C30H28N2O2S/c1-22-18-19-28(26-20-23(2)29(31-21-26)24-12-6-3-7-13-24)32(30(22)25-14-8-4-9-15-25)35(33,34)27-16-10-5-11-17-27/h3-18,20-21,28,30H,19H2,1-2H3. The Morgan fingerprint density at radius 2 is 1.40 bits per heavy atom. The Hall–Kier alpha value is -3.54. The van der Waals surface area contributed by atoms with Gasteiger partial charge in [-0.25, -0.2) is 8.42 Å². The van der Waals surface area contributed by atoms with Crippen molar-refractivity contribution in [2.24, 2.45) is 0 Å². The van der Waals surface area contributed by atoms with E-state index in [-0.39, 0.29) is 6.04 Å². The van der Waals surface area contributed by atoms with Crippen molar-refractivity contribution in [2.75, 3.05) is 0 Å². The maximum Gasteiger partial charge on any atom is 0.244 e. The summed E-state index contributed by atoms with van der Waals surface area (Å²) in [5.41, 5.74) is 5.86. The van der Waals surface area contributed by atoms with Gasteiger partial charge in [0, 0.05) is 11.8 Å². The van der Waals surface area contributed by atoms with E-state index in [0.29, 0.717) is 11.3 Å². The smallest absolute Gasteiger partial charge is 0.244 e. The first kappa shape index (κ1) is 23.2. The lowest BCUT2D eigenvalue weighted by Gasteiger charge is -2.41. The molecule has 2 unspecified atom stereocenters. The third-order valence-corrected chi connectivity index (χ3v) is 8.51. The molecule has 0 radical (unpaired) electrons. The summed E-state index contributed by atoms with van der Waals surface area (Å²) >= 11 is 0. The van der Waals surface area contributed by atoms with Crippen LogP contribution < -0.4 is 0 Å². The van der Waals surface area contributed by atoms with E-state index in [2.05, 4.69) is 12.1 Å². The van der Waals surface area contributed by atoms with Gasteiger partial charge in [0.2, 0.25) is 10.0 Å². The summed E-state index contributed by atoms with van der Waals surface area (Å²) in [6.07, 6.45) is 4.59. The highest BCUT2D eigenvalue weighted by atomic mass is 32.2. The van der Waals surface area contributed by atoms with E-state index in [9.17, 15) is 8.42 Å². The van der Waals surface area contributed by atoms with Gasteiger partial charge in [0.25, 0.3) is 0 Å². The molecule has 0 aliphatic carbocycles. The average Bonchev–Trinajstić information content (AvgIpc) is 2.90. The van der Waals surface area contributed by atoms with Gasteiger partial charge in [0.1, 0.15) is 0 Å². The van der Waals surface area contributed by atoms with Gasteiger partial charge in [-0.1, -0.05) is 96.6 Å².